The molecule has 1 N–H and O–H groups in total. The Kier molecular flexibility index (Phi) is 7.23. The number of hydrogen-bond donors (Lipinski definition) is 1. The molecule has 170 valence electrons. The summed E-state index contributed by atoms with van der Waals surface area (Å²) in [6.07, 6.45) is 4.27. The fourth-order valence-corrected chi connectivity index (χ4v) is 4.54. The van der Waals surface area contributed by atoms with E-state index in [1.807, 2.05) is 30.3 Å². The molecule has 3 aromatic carbocycles. The lowest BCUT2D eigenvalue weighted by Gasteiger charge is -2.20. The molecule has 0 spiro atoms. The van der Waals surface area contributed by atoms with Gasteiger partial charge in [0.05, 0.1) is 0 Å². The highest BCUT2D eigenvalue weighted by molar-refractivity contribution is 5.86. The predicted octanol–water partition coefficient (Wildman–Crippen LogP) is 6.46. The summed E-state index contributed by atoms with van der Waals surface area (Å²) in [5.41, 5.74) is 4.47. The molecule has 0 saturated carbocycles. The zero-order valence-electron chi connectivity index (χ0n) is 19.3. The van der Waals surface area contributed by atoms with E-state index in [1.54, 1.807) is 12.1 Å². The number of fused-ring (bicyclic) bond motifs is 1. The van der Waals surface area contributed by atoms with Crippen molar-refractivity contribution >= 4 is 16.8 Å². The molecule has 0 aliphatic heterocycles. The van der Waals surface area contributed by atoms with E-state index in [-0.39, 0.29) is 23.7 Å². The Balaban J connectivity index is 1.55. The Morgan fingerprint density at radius 1 is 0.970 bits per heavy atom. The summed E-state index contributed by atoms with van der Waals surface area (Å²) >= 11 is 0. The second-order valence-corrected chi connectivity index (χ2v) is 8.69. The SMILES string of the molecule is CCn1cc([C@@H](CC(=O)N[C@@H](C)CCc2ccccc2)c2ccc(F)cc2)c2ccccc21. The van der Waals surface area contributed by atoms with Crippen molar-refractivity contribution < 1.29 is 9.18 Å². The third-order valence-electron chi connectivity index (χ3n) is 6.31. The van der Waals surface area contributed by atoms with Gasteiger partial charge in [0.25, 0.3) is 0 Å². The molecule has 0 radical (unpaired) electrons. The third-order valence-corrected chi connectivity index (χ3v) is 6.31. The van der Waals surface area contributed by atoms with E-state index in [0.29, 0.717) is 6.42 Å². The highest BCUT2D eigenvalue weighted by atomic mass is 19.1. The molecule has 0 saturated heterocycles. The van der Waals surface area contributed by atoms with Crippen molar-refractivity contribution in [3.63, 3.8) is 0 Å². The quantitative estimate of drug-likeness (QED) is 0.317. The zero-order valence-corrected chi connectivity index (χ0v) is 19.3. The molecule has 3 nitrogen and oxygen atoms in total. The average molecular weight is 443 g/mol. The van der Waals surface area contributed by atoms with Crippen molar-refractivity contribution in [2.45, 2.75) is 51.6 Å². The molecule has 1 heterocycles. The lowest BCUT2D eigenvalue weighted by molar-refractivity contribution is -0.121. The lowest BCUT2D eigenvalue weighted by Crippen LogP contribution is -2.33. The summed E-state index contributed by atoms with van der Waals surface area (Å²) in [5.74, 6) is -0.407. The molecule has 0 fully saturated rings. The first kappa shape index (κ1) is 22.8. The van der Waals surface area contributed by atoms with Crippen LogP contribution in [0.4, 0.5) is 4.39 Å². The van der Waals surface area contributed by atoms with Gasteiger partial charge in [-0.05, 0) is 61.6 Å². The minimum absolute atomic E-state index is 0.0122. The molecule has 0 unspecified atom stereocenters. The van der Waals surface area contributed by atoms with Crippen LogP contribution < -0.4 is 5.32 Å². The molecular weight excluding hydrogens is 411 g/mol. The van der Waals surface area contributed by atoms with Gasteiger partial charge < -0.3 is 9.88 Å². The summed E-state index contributed by atoms with van der Waals surface area (Å²) in [4.78, 5) is 13.1. The second-order valence-electron chi connectivity index (χ2n) is 8.69. The van der Waals surface area contributed by atoms with E-state index in [1.165, 1.54) is 17.7 Å². The Morgan fingerprint density at radius 2 is 1.67 bits per heavy atom. The number of aryl methyl sites for hydroxylation is 2. The number of benzene rings is 3. The van der Waals surface area contributed by atoms with Gasteiger partial charge in [0.1, 0.15) is 5.82 Å². The highest BCUT2D eigenvalue weighted by Gasteiger charge is 2.23. The van der Waals surface area contributed by atoms with Crippen molar-refractivity contribution in [3.8, 4) is 0 Å². The van der Waals surface area contributed by atoms with E-state index in [2.05, 4.69) is 54.2 Å². The number of nitrogens with one attached hydrogen (secondary N) is 1. The van der Waals surface area contributed by atoms with Crippen molar-refractivity contribution in [1.29, 1.82) is 0 Å². The van der Waals surface area contributed by atoms with Crippen LogP contribution in [0.3, 0.4) is 0 Å². The van der Waals surface area contributed by atoms with Crippen LogP contribution >= 0.6 is 0 Å². The molecule has 0 aliphatic rings. The van der Waals surface area contributed by atoms with Crippen molar-refractivity contribution in [2.24, 2.45) is 0 Å². The molecule has 2 atom stereocenters. The number of amides is 1. The number of carbonyl (C=O) groups excluding carboxylic acids is 1. The molecule has 4 heteroatoms. The van der Waals surface area contributed by atoms with Crippen molar-refractivity contribution in [3.05, 3.63) is 108 Å². The first-order valence-corrected chi connectivity index (χ1v) is 11.7. The maximum atomic E-state index is 13.6. The monoisotopic (exact) mass is 442 g/mol. The topological polar surface area (TPSA) is 34.0 Å². The number of hydrogen-bond acceptors (Lipinski definition) is 1. The molecular formula is C29H31FN2O. The zero-order chi connectivity index (χ0) is 23.2. The van der Waals surface area contributed by atoms with Gasteiger partial charge in [-0.15, -0.1) is 0 Å². The number of aromatic nitrogens is 1. The number of rotatable bonds is 9. The smallest absolute Gasteiger partial charge is 0.221 e. The fourth-order valence-electron chi connectivity index (χ4n) is 4.54. The lowest BCUT2D eigenvalue weighted by atomic mass is 9.88. The summed E-state index contributed by atoms with van der Waals surface area (Å²) in [5, 5.41) is 4.32. The van der Waals surface area contributed by atoms with Gasteiger partial charge in [0, 0.05) is 42.0 Å². The highest BCUT2D eigenvalue weighted by Crippen LogP contribution is 2.35. The van der Waals surface area contributed by atoms with Crippen LogP contribution in [-0.4, -0.2) is 16.5 Å². The number of para-hydroxylation sites is 1. The van der Waals surface area contributed by atoms with E-state index >= 15 is 0 Å². The van der Waals surface area contributed by atoms with Crippen LogP contribution in [0.1, 0.15) is 49.3 Å². The molecule has 1 aromatic heterocycles. The van der Waals surface area contributed by atoms with E-state index in [9.17, 15) is 9.18 Å². The maximum absolute atomic E-state index is 13.6. The minimum Gasteiger partial charge on any atom is -0.354 e. The van der Waals surface area contributed by atoms with Gasteiger partial charge in [-0.25, -0.2) is 4.39 Å². The first-order chi connectivity index (χ1) is 16.0. The van der Waals surface area contributed by atoms with Gasteiger partial charge in [-0.3, -0.25) is 4.79 Å². The number of halogens is 1. The summed E-state index contributed by atoms with van der Waals surface area (Å²) in [6.45, 7) is 5.01. The number of carbonyl (C=O) groups is 1. The third kappa shape index (κ3) is 5.51. The van der Waals surface area contributed by atoms with Gasteiger partial charge in [0.2, 0.25) is 5.91 Å². The first-order valence-electron chi connectivity index (χ1n) is 11.7. The molecule has 1 amide bonds. The largest absolute Gasteiger partial charge is 0.354 e. The minimum atomic E-state index is -0.271. The maximum Gasteiger partial charge on any atom is 0.221 e. The predicted molar refractivity (Wildman–Crippen MR) is 133 cm³/mol. The Labute approximate surface area is 195 Å². The standard InChI is InChI=1S/C29H31FN2O/c1-3-32-20-27(25-11-7-8-12-28(25)32)26(23-15-17-24(30)18-16-23)19-29(33)31-21(2)13-14-22-9-5-4-6-10-22/h4-12,15-18,20-21,26H,3,13-14,19H2,1-2H3,(H,31,33)/t21-,26-/m0/s1. The Hall–Kier alpha value is -3.40. The van der Waals surface area contributed by atoms with E-state index in [4.69, 9.17) is 0 Å². The Bertz CT molecular complexity index is 1200. The van der Waals surface area contributed by atoms with Crippen LogP contribution in [-0.2, 0) is 17.8 Å². The molecule has 4 rings (SSSR count). The van der Waals surface area contributed by atoms with Crippen LogP contribution in [0.15, 0.2) is 85.1 Å². The van der Waals surface area contributed by atoms with Gasteiger partial charge in [0.15, 0.2) is 0 Å². The van der Waals surface area contributed by atoms with Gasteiger partial charge in [-0.2, -0.15) is 0 Å². The summed E-state index contributed by atoms with van der Waals surface area (Å²) < 4.78 is 15.8. The van der Waals surface area contributed by atoms with Gasteiger partial charge in [-0.1, -0.05) is 60.7 Å². The molecule has 4 aromatic rings. The fraction of sp³-hybridized carbons (Fsp3) is 0.276. The average Bonchev–Trinajstić information content (AvgIpc) is 3.21. The number of nitrogens with zero attached hydrogens (tertiary/aromatic N) is 1. The van der Waals surface area contributed by atoms with E-state index < -0.39 is 0 Å². The van der Waals surface area contributed by atoms with E-state index in [0.717, 1.165) is 41.4 Å². The van der Waals surface area contributed by atoms with Crippen LogP contribution in [0.2, 0.25) is 0 Å². The molecule has 0 bridgehead atoms. The van der Waals surface area contributed by atoms with Crippen molar-refractivity contribution in [1.82, 2.24) is 9.88 Å². The van der Waals surface area contributed by atoms with Crippen LogP contribution in [0, 0.1) is 5.82 Å². The molecule has 33 heavy (non-hydrogen) atoms. The van der Waals surface area contributed by atoms with Gasteiger partial charge >= 0.3 is 0 Å². The van der Waals surface area contributed by atoms with Crippen LogP contribution in [0.5, 0.6) is 0 Å². The van der Waals surface area contributed by atoms with Crippen molar-refractivity contribution in [2.75, 3.05) is 0 Å². The normalized spacial score (nSPS) is 13.1. The summed E-state index contributed by atoms with van der Waals surface area (Å²) in [6, 6.07) is 25.2. The Morgan fingerprint density at radius 3 is 2.39 bits per heavy atom. The van der Waals surface area contributed by atoms with Crippen LogP contribution in [0.25, 0.3) is 10.9 Å². The summed E-state index contributed by atoms with van der Waals surface area (Å²) in [7, 11) is 0. The second kappa shape index (κ2) is 10.5. The molecule has 0 aliphatic carbocycles.